The van der Waals surface area contributed by atoms with Gasteiger partial charge in [0.15, 0.2) is 5.78 Å². The van der Waals surface area contributed by atoms with E-state index in [1.54, 1.807) is 19.1 Å². The zero-order valence-corrected chi connectivity index (χ0v) is 18.2. The number of allylic oxidation sites excluding steroid dienone is 2. The molecule has 0 unspecified atom stereocenters. The minimum absolute atomic E-state index is 0.130. The van der Waals surface area contributed by atoms with Gasteiger partial charge in [-0.05, 0) is 25.7 Å². The van der Waals surface area contributed by atoms with Gasteiger partial charge in [0, 0.05) is 17.3 Å². The van der Waals surface area contributed by atoms with E-state index in [1.807, 2.05) is 39.0 Å². The first kappa shape index (κ1) is 24.4. The lowest BCUT2D eigenvalue weighted by Crippen LogP contribution is -2.50. The van der Waals surface area contributed by atoms with Gasteiger partial charge in [-0.2, -0.15) is 0 Å². The van der Waals surface area contributed by atoms with Gasteiger partial charge in [0.2, 0.25) is 5.91 Å². The van der Waals surface area contributed by atoms with Crippen LogP contribution in [0.1, 0.15) is 63.7 Å². The summed E-state index contributed by atoms with van der Waals surface area (Å²) in [5.74, 6) is -0.593. The van der Waals surface area contributed by atoms with E-state index in [9.17, 15) is 14.4 Å². The number of rotatable bonds is 12. The maximum Gasteiger partial charge on any atom is 0.328 e. The Labute approximate surface area is 174 Å². The molecule has 0 saturated carbocycles. The Balaban J connectivity index is 2.88. The summed E-state index contributed by atoms with van der Waals surface area (Å²) in [6.07, 6.45) is 4.32. The predicted molar refractivity (Wildman–Crippen MR) is 114 cm³/mol. The number of amides is 1. The van der Waals surface area contributed by atoms with Crippen molar-refractivity contribution in [1.82, 2.24) is 10.6 Å². The number of carbonyl (C=O) groups excluding carboxylic acids is 3. The number of nitrogens with one attached hydrogen (secondary N) is 2. The molecule has 2 atom stereocenters. The molecule has 160 valence electrons. The van der Waals surface area contributed by atoms with Gasteiger partial charge in [-0.1, -0.05) is 63.9 Å². The van der Waals surface area contributed by atoms with Gasteiger partial charge < -0.3 is 15.4 Å². The molecule has 0 aliphatic carbocycles. The molecule has 1 rings (SSSR count). The number of carbonyl (C=O) groups is 3. The zero-order chi connectivity index (χ0) is 21.8. The summed E-state index contributed by atoms with van der Waals surface area (Å²) in [5, 5.41) is 5.95. The van der Waals surface area contributed by atoms with E-state index in [0.29, 0.717) is 24.1 Å². The molecule has 0 aliphatic rings. The smallest absolute Gasteiger partial charge is 0.328 e. The molecular formula is C23H34N2O4. The molecular weight excluding hydrogens is 368 g/mol. The van der Waals surface area contributed by atoms with Gasteiger partial charge in [0.05, 0.1) is 7.11 Å². The van der Waals surface area contributed by atoms with Crippen LogP contribution in [-0.4, -0.2) is 36.9 Å². The van der Waals surface area contributed by atoms with Crippen LogP contribution in [0.2, 0.25) is 0 Å². The van der Waals surface area contributed by atoms with Crippen molar-refractivity contribution in [2.75, 3.05) is 7.11 Å². The van der Waals surface area contributed by atoms with Crippen LogP contribution in [-0.2, 0) is 14.3 Å². The van der Waals surface area contributed by atoms with Crippen molar-refractivity contribution in [3.8, 4) is 0 Å². The summed E-state index contributed by atoms with van der Waals surface area (Å²) in [6, 6.07) is 7.75. The fraction of sp³-hybridized carbons (Fsp3) is 0.522. The standard InChI is InChI=1S/C23H34N2O4/c1-6-7-13-19(23(28)29-5)25-22(27)20(14-16(2)3)24-17(4)15-21(26)18-11-9-8-10-12-18/h8-12,15-16,19-20,24H,6-7,13-14H2,1-5H3,(H,25,27)/t19-,20-/m0/s1. The molecule has 6 heteroatoms. The van der Waals surface area contributed by atoms with Gasteiger partial charge >= 0.3 is 5.97 Å². The van der Waals surface area contributed by atoms with Gasteiger partial charge in [0.25, 0.3) is 0 Å². The third-order valence-corrected chi connectivity index (χ3v) is 4.48. The van der Waals surface area contributed by atoms with Crippen LogP contribution < -0.4 is 10.6 Å². The van der Waals surface area contributed by atoms with Crippen molar-refractivity contribution in [3.05, 3.63) is 47.7 Å². The number of methoxy groups -OCH3 is 1. The molecule has 29 heavy (non-hydrogen) atoms. The average Bonchev–Trinajstić information content (AvgIpc) is 2.70. The lowest BCUT2D eigenvalue weighted by Gasteiger charge is -2.24. The molecule has 1 amide bonds. The van der Waals surface area contributed by atoms with Crippen LogP contribution in [0.25, 0.3) is 0 Å². The number of benzene rings is 1. The Morgan fingerprint density at radius 2 is 1.72 bits per heavy atom. The minimum atomic E-state index is -0.667. The van der Waals surface area contributed by atoms with Gasteiger partial charge in [0.1, 0.15) is 12.1 Å². The molecule has 0 bridgehead atoms. The second-order valence-electron chi connectivity index (χ2n) is 7.61. The molecule has 0 aromatic heterocycles. The van der Waals surface area contributed by atoms with E-state index in [4.69, 9.17) is 4.74 Å². The van der Waals surface area contributed by atoms with E-state index in [1.165, 1.54) is 13.2 Å². The predicted octanol–water partition coefficient (Wildman–Crippen LogP) is 3.63. The van der Waals surface area contributed by atoms with Crippen LogP contribution in [0.15, 0.2) is 42.1 Å². The van der Waals surface area contributed by atoms with E-state index in [0.717, 1.165) is 12.8 Å². The van der Waals surface area contributed by atoms with E-state index in [-0.39, 0.29) is 17.6 Å². The number of unbranched alkanes of at least 4 members (excludes halogenated alkanes) is 1. The van der Waals surface area contributed by atoms with Crippen LogP contribution in [0.3, 0.4) is 0 Å². The second-order valence-corrected chi connectivity index (χ2v) is 7.61. The Kier molecular flexibility index (Phi) is 10.7. The summed E-state index contributed by atoms with van der Waals surface area (Å²) in [4.78, 5) is 37.3. The summed E-state index contributed by atoms with van der Waals surface area (Å²) >= 11 is 0. The van der Waals surface area contributed by atoms with Crippen molar-refractivity contribution in [2.24, 2.45) is 5.92 Å². The quantitative estimate of drug-likeness (QED) is 0.317. The summed E-state index contributed by atoms with van der Waals surface area (Å²) in [6.45, 7) is 7.82. The molecule has 1 aromatic carbocycles. The lowest BCUT2D eigenvalue weighted by molar-refractivity contribution is -0.145. The van der Waals surface area contributed by atoms with Crippen LogP contribution in [0.4, 0.5) is 0 Å². The van der Waals surface area contributed by atoms with Crippen molar-refractivity contribution < 1.29 is 19.1 Å². The van der Waals surface area contributed by atoms with E-state index >= 15 is 0 Å². The summed E-state index contributed by atoms with van der Waals surface area (Å²) in [5.41, 5.74) is 1.19. The van der Waals surface area contributed by atoms with Crippen LogP contribution >= 0.6 is 0 Å². The minimum Gasteiger partial charge on any atom is -0.467 e. The topological polar surface area (TPSA) is 84.5 Å². The highest BCUT2D eigenvalue weighted by Crippen LogP contribution is 2.10. The molecule has 2 N–H and O–H groups in total. The van der Waals surface area contributed by atoms with Crippen molar-refractivity contribution in [2.45, 2.75) is 65.5 Å². The first-order valence-corrected chi connectivity index (χ1v) is 10.2. The summed E-state index contributed by atoms with van der Waals surface area (Å²) in [7, 11) is 1.32. The van der Waals surface area contributed by atoms with Crippen LogP contribution in [0.5, 0.6) is 0 Å². The normalized spacial score (nSPS) is 13.5. The Bertz CT molecular complexity index is 698. The van der Waals surface area contributed by atoms with Crippen molar-refractivity contribution in [1.29, 1.82) is 0 Å². The number of hydrogen-bond donors (Lipinski definition) is 2. The molecule has 0 spiro atoms. The lowest BCUT2D eigenvalue weighted by atomic mass is 10.0. The zero-order valence-electron chi connectivity index (χ0n) is 18.2. The fourth-order valence-corrected chi connectivity index (χ4v) is 2.97. The van der Waals surface area contributed by atoms with Crippen molar-refractivity contribution in [3.63, 3.8) is 0 Å². The van der Waals surface area contributed by atoms with E-state index in [2.05, 4.69) is 10.6 Å². The maximum absolute atomic E-state index is 12.9. The highest BCUT2D eigenvalue weighted by molar-refractivity contribution is 6.04. The van der Waals surface area contributed by atoms with E-state index < -0.39 is 18.1 Å². The largest absolute Gasteiger partial charge is 0.467 e. The molecule has 0 heterocycles. The first-order valence-electron chi connectivity index (χ1n) is 10.2. The molecule has 0 radical (unpaired) electrons. The van der Waals surface area contributed by atoms with Gasteiger partial charge in [-0.25, -0.2) is 4.79 Å². The monoisotopic (exact) mass is 402 g/mol. The maximum atomic E-state index is 12.9. The van der Waals surface area contributed by atoms with Crippen LogP contribution in [0, 0.1) is 5.92 Å². The van der Waals surface area contributed by atoms with Gasteiger partial charge in [-0.3, -0.25) is 9.59 Å². The number of ether oxygens (including phenoxy) is 1. The first-order chi connectivity index (χ1) is 13.8. The SMILES string of the molecule is CCCC[C@H](NC(=O)[C@H](CC(C)C)NC(C)=CC(=O)c1ccccc1)C(=O)OC. The average molecular weight is 403 g/mol. The number of ketones is 1. The molecule has 1 aromatic rings. The number of hydrogen-bond acceptors (Lipinski definition) is 5. The van der Waals surface area contributed by atoms with Gasteiger partial charge in [-0.15, -0.1) is 0 Å². The molecule has 0 fully saturated rings. The second kappa shape index (κ2) is 12.8. The molecule has 0 saturated heterocycles. The third kappa shape index (κ3) is 8.94. The molecule has 0 aliphatic heterocycles. The Morgan fingerprint density at radius 1 is 1.07 bits per heavy atom. The fourth-order valence-electron chi connectivity index (χ4n) is 2.97. The third-order valence-electron chi connectivity index (χ3n) is 4.48. The Morgan fingerprint density at radius 3 is 2.28 bits per heavy atom. The number of esters is 1. The molecule has 6 nitrogen and oxygen atoms in total. The highest BCUT2D eigenvalue weighted by atomic mass is 16.5. The highest BCUT2D eigenvalue weighted by Gasteiger charge is 2.26. The van der Waals surface area contributed by atoms with Crippen molar-refractivity contribution >= 4 is 17.7 Å². The summed E-state index contributed by atoms with van der Waals surface area (Å²) < 4.78 is 4.82. The Hall–Kier alpha value is -2.63.